The van der Waals surface area contributed by atoms with Gasteiger partial charge < -0.3 is 15.2 Å². The highest BCUT2D eigenvalue weighted by Gasteiger charge is 2.23. The van der Waals surface area contributed by atoms with Crippen LogP contribution in [0.5, 0.6) is 5.75 Å². The third-order valence-corrected chi connectivity index (χ3v) is 4.02. The summed E-state index contributed by atoms with van der Waals surface area (Å²) in [6, 6.07) is 6.88. The fourth-order valence-electron chi connectivity index (χ4n) is 2.87. The molecule has 4 heteroatoms. The maximum Gasteiger partial charge on any atom is 0.326 e. The molecule has 0 amide bonds. The number of benzene rings is 1. The summed E-state index contributed by atoms with van der Waals surface area (Å²) in [5.74, 6) is 0.539. The van der Waals surface area contributed by atoms with Gasteiger partial charge in [0.05, 0.1) is 7.11 Å². The van der Waals surface area contributed by atoms with E-state index in [-0.39, 0.29) is 0 Å². The van der Waals surface area contributed by atoms with E-state index in [4.69, 9.17) is 4.74 Å². The Labute approximate surface area is 120 Å². The molecule has 1 saturated carbocycles. The second-order valence-corrected chi connectivity index (χ2v) is 5.50. The minimum absolute atomic E-state index is 0.508. The largest absolute Gasteiger partial charge is 0.497 e. The van der Waals surface area contributed by atoms with Gasteiger partial charge in [-0.25, -0.2) is 4.79 Å². The Kier molecular flexibility index (Phi) is 5.27. The highest BCUT2D eigenvalue weighted by atomic mass is 16.5. The predicted molar refractivity (Wildman–Crippen MR) is 79.2 cm³/mol. The van der Waals surface area contributed by atoms with Gasteiger partial charge >= 0.3 is 5.97 Å². The number of carboxylic acids is 1. The first-order chi connectivity index (χ1) is 9.69. The van der Waals surface area contributed by atoms with E-state index < -0.39 is 12.0 Å². The average Bonchev–Trinajstić information content (AvgIpc) is 2.48. The van der Waals surface area contributed by atoms with Gasteiger partial charge in [0.25, 0.3) is 0 Å². The van der Waals surface area contributed by atoms with Gasteiger partial charge in [-0.3, -0.25) is 0 Å². The number of carbonyl (C=O) groups is 1. The van der Waals surface area contributed by atoms with Gasteiger partial charge in [0.2, 0.25) is 0 Å². The Morgan fingerprint density at radius 3 is 2.50 bits per heavy atom. The van der Waals surface area contributed by atoms with Gasteiger partial charge in [-0.1, -0.05) is 32.1 Å². The zero-order chi connectivity index (χ0) is 14.4. The van der Waals surface area contributed by atoms with Crippen LogP contribution in [0, 0.1) is 5.92 Å². The lowest BCUT2D eigenvalue weighted by Crippen LogP contribution is -2.32. The van der Waals surface area contributed by atoms with Crippen molar-refractivity contribution in [2.75, 3.05) is 12.4 Å². The van der Waals surface area contributed by atoms with Crippen molar-refractivity contribution in [2.24, 2.45) is 5.92 Å². The molecule has 1 fully saturated rings. The van der Waals surface area contributed by atoms with Crippen LogP contribution in [0.15, 0.2) is 24.3 Å². The second kappa shape index (κ2) is 7.17. The standard InChI is InChI=1S/C16H23NO3/c1-20-14-9-7-13(8-10-14)17-15(16(18)19)11-12-5-3-2-4-6-12/h7-10,12,15,17H,2-6,11H2,1H3,(H,18,19). The van der Waals surface area contributed by atoms with Crippen LogP contribution in [0.3, 0.4) is 0 Å². The number of nitrogens with one attached hydrogen (secondary N) is 1. The molecule has 1 atom stereocenters. The quantitative estimate of drug-likeness (QED) is 0.835. The molecule has 1 aromatic carbocycles. The fraction of sp³-hybridized carbons (Fsp3) is 0.562. The summed E-state index contributed by atoms with van der Waals surface area (Å²) < 4.78 is 5.10. The third kappa shape index (κ3) is 4.15. The molecule has 1 aromatic rings. The topological polar surface area (TPSA) is 58.6 Å². The molecular formula is C16H23NO3. The zero-order valence-electron chi connectivity index (χ0n) is 12.0. The average molecular weight is 277 g/mol. The van der Waals surface area contributed by atoms with Crippen molar-refractivity contribution in [3.05, 3.63) is 24.3 Å². The lowest BCUT2D eigenvalue weighted by atomic mass is 9.85. The Morgan fingerprint density at radius 2 is 1.95 bits per heavy atom. The molecule has 0 radical (unpaired) electrons. The minimum atomic E-state index is -0.772. The van der Waals surface area contributed by atoms with E-state index in [0.29, 0.717) is 12.3 Å². The molecule has 20 heavy (non-hydrogen) atoms. The van der Waals surface area contributed by atoms with Gasteiger partial charge in [-0.2, -0.15) is 0 Å². The lowest BCUT2D eigenvalue weighted by molar-refractivity contribution is -0.138. The van der Waals surface area contributed by atoms with E-state index in [2.05, 4.69) is 5.32 Å². The second-order valence-electron chi connectivity index (χ2n) is 5.50. The molecule has 2 N–H and O–H groups in total. The number of anilines is 1. The molecule has 1 aliphatic carbocycles. The summed E-state index contributed by atoms with van der Waals surface area (Å²) in [5.41, 5.74) is 0.828. The maximum atomic E-state index is 11.4. The van der Waals surface area contributed by atoms with Crippen LogP contribution < -0.4 is 10.1 Å². The van der Waals surface area contributed by atoms with Gasteiger partial charge in [0, 0.05) is 5.69 Å². The molecule has 2 rings (SSSR count). The zero-order valence-corrected chi connectivity index (χ0v) is 12.0. The number of methoxy groups -OCH3 is 1. The van der Waals surface area contributed by atoms with Crippen molar-refractivity contribution in [3.63, 3.8) is 0 Å². The van der Waals surface area contributed by atoms with Gasteiger partial charge in [0.1, 0.15) is 11.8 Å². The van der Waals surface area contributed by atoms with E-state index in [1.165, 1.54) is 19.3 Å². The molecule has 0 aromatic heterocycles. The van der Waals surface area contributed by atoms with Crippen molar-refractivity contribution in [1.82, 2.24) is 0 Å². The van der Waals surface area contributed by atoms with E-state index in [1.807, 2.05) is 24.3 Å². The molecule has 0 bridgehead atoms. The number of hydrogen-bond acceptors (Lipinski definition) is 3. The Hall–Kier alpha value is -1.71. The molecule has 4 nitrogen and oxygen atoms in total. The summed E-state index contributed by atoms with van der Waals surface area (Å²) in [7, 11) is 1.62. The summed E-state index contributed by atoms with van der Waals surface area (Å²) >= 11 is 0. The highest BCUT2D eigenvalue weighted by molar-refractivity contribution is 5.77. The summed E-state index contributed by atoms with van der Waals surface area (Å²) in [4.78, 5) is 11.4. The van der Waals surface area contributed by atoms with Crippen molar-refractivity contribution >= 4 is 11.7 Å². The van der Waals surface area contributed by atoms with Crippen LogP contribution in [-0.4, -0.2) is 24.2 Å². The molecule has 0 spiro atoms. The number of aliphatic carboxylic acids is 1. The number of rotatable bonds is 6. The van der Waals surface area contributed by atoms with Crippen molar-refractivity contribution in [2.45, 2.75) is 44.6 Å². The third-order valence-electron chi connectivity index (χ3n) is 4.02. The molecule has 1 unspecified atom stereocenters. The predicted octanol–water partition coefficient (Wildman–Crippen LogP) is 3.53. The first kappa shape index (κ1) is 14.7. The summed E-state index contributed by atoms with van der Waals surface area (Å²) in [5, 5.41) is 12.5. The van der Waals surface area contributed by atoms with E-state index >= 15 is 0 Å². The SMILES string of the molecule is COc1ccc(NC(CC2CCCCC2)C(=O)O)cc1. The smallest absolute Gasteiger partial charge is 0.326 e. The first-order valence-electron chi connectivity index (χ1n) is 7.32. The Balaban J connectivity index is 1.95. The van der Waals surface area contributed by atoms with Crippen LogP contribution >= 0.6 is 0 Å². The monoisotopic (exact) mass is 277 g/mol. The fourth-order valence-corrected chi connectivity index (χ4v) is 2.87. The molecule has 0 heterocycles. The highest BCUT2D eigenvalue weighted by Crippen LogP contribution is 2.28. The minimum Gasteiger partial charge on any atom is -0.497 e. The number of carboxylic acid groups (broad SMARTS) is 1. The van der Waals surface area contributed by atoms with Crippen molar-refractivity contribution in [3.8, 4) is 5.75 Å². The van der Waals surface area contributed by atoms with E-state index in [9.17, 15) is 9.90 Å². The molecule has 0 aliphatic heterocycles. The van der Waals surface area contributed by atoms with Crippen LogP contribution in [-0.2, 0) is 4.79 Å². The normalized spacial score (nSPS) is 17.4. The number of ether oxygens (including phenoxy) is 1. The van der Waals surface area contributed by atoms with E-state index in [1.54, 1.807) is 7.11 Å². The van der Waals surface area contributed by atoms with Crippen LogP contribution in [0.25, 0.3) is 0 Å². The van der Waals surface area contributed by atoms with Crippen LogP contribution in [0.4, 0.5) is 5.69 Å². The Bertz CT molecular complexity index is 424. The Morgan fingerprint density at radius 1 is 1.30 bits per heavy atom. The molecule has 0 saturated heterocycles. The van der Waals surface area contributed by atoms with Crippen molar-refractivity contribution in [1.29, 1.82) is 0 Å². The number of hydrogen-bond donors (Lipinski definition) is 2. The van der Waals surface area contributed by atoms with Gasteiger partial charge in [-0.05, 0) is 36.6 Å². The van der Waals surface area contributed by atoms with E-state index in [0.717, 1.165) is 24.3 Å². The first-order valence-corrected chi connectivity index (χ1v) is 7.32. The summed E-state index contributed by atoms with van der Waals surface area (Å²) in [6.45, 7) is 0. The van der Waals surface area contributed by atoms with Gasteiger partial charge in [-0.15, -0.1) is 0 Å². The van der Waals surface area contributed by atoms with Crippen LogP contribution in [0.1, 0.15) is 38.5 Å². The molecule has 110 valence electrons. The molecule has 1 aliphatic rings. The maximum absolute atomic E-state index is 11.4. The van der Waals surface area contributed by atoms with Crippen molar-refractivity contribution < 1.29 is 14.6 Å². The lowest BCUT2D eigenvalue weighted by Gasteiger charge is -2.25. The van der Waals surface area contributed by atoms with Crippen LogP contribution in [0.2, 0.25) is 0 Å². The molecular weight excluding hydrogens is 254 g/mol. The van der Waals surface area contributed by atoms with Gasteiger partial charge in [0.15, 0.2) is 0 Å². The summed E-state index contributed by atoms with van der Waals surface area (Å²) in [6.07, 6.45) is 6.79.